The van der Waals surface area contributed by atoms with Crippen molar-refractivity contribution in [3.05, 3.63) is 95.3 Å². The Kier molecular flexibility index (Phi) is 5.41. The molecule has 5 rings (SSSR count). The lowest BCUT2D eigenvalue weighted by Gasteiger charge is -2.38. The van der Waals surface area contributed by atoms with Gasteiger partial charge in [0.05, 0.1) is 20.3 Å². The molecule has 0 spiro atoms. The number of methoxy groups -OCH3 is 2. The van der Waals surface area contributed by atoms with Crippen molar-refractivity contribution in [1.82, 2.24) is 9.88 Å². The number of hydrogen-bond acceptors (Lipinski definition) is 5. The number of rotatable bonds is 5. The summed E-state index contributed by atoms with van der Waals surface area (Å²) in [5.41, 5.74) is 4.58. The van der Waals surface area contributed by atoms with Gasteiger partial charge >= 0.3 is 0 Å². The zero-order valence-electron chi connectivity index (χ0n) is 18.3. The summed E-state index contributed by atoms with van der Waals surface area (Å²) >= 11 is 0. The van der Waals surface area contributed by atoms with Gasteiger partial charge in [-0.1, -0.05) is 36.4 Å². The van der Waals surface area contributed by atoms with Gasteiger partial charge in [0.1, 0.15) is 5.75 Å². The second kappa shape index (κ2) is 8.52. The molecule has 5 nitrogen and oxygen atoms in total. The summed E-state index contributed by atoms with van der Waals surface area (Å²) in [6.07, 6.45) is 4.52. The van der Waals surface area contributed by atoms with E-state index in [1.165, 1.54) is 16.7 Å². The minimum absolute atomic E-state index is 0.0334. The van der Waals surface area contributed by atoms with Gasteiger partial charge in [-0.05, 0) is 52.8 Å². The zero-order chi connectivity index (χ0) is 22.1. The Balaban J connectivity index is 1.63. The first-order chi connectivity index (χ1) is 15.7. The van der Waals surface area contributed by atoms with Crippen LogP contribution in [0.3, 0.4) is 0 Å². The largest absolute Gasteiger partial charge is 0.508 e. The Bertz CT molecular complexity index is 1260. The molecule has 0 fully saturated rings. The summed E-state index contributed by atoms with van der Waals surface area (Å²) < 4.78 is 11.2. The molecule has 0 saturated heterocycles. The SMILES string of the molecule is COc1cc2c(cc1OC)C(c1ccccc1)N(Cc1c(O)ccc3ccncc13)CC2. The van der Waals surface area contributed by atoms with E-state index in [1.807, 2.05) is 24.4 Å². The van der Waals surface area contributed by atoms with Crippen LogP contribution in [0.1, 0.15) is 28.3 Å². The van der Waals surface area contributed by atoms with Crippen LogP contribution in [-0.4, -0.2) is 35.8 Å². The summed E-state index contributed by atoms with van der Waals surface area (Å²) in [6, 6.07) is 20.4. The third-order valence-corrected chi connectivity index (χ3v) is 6.36. The first-order valence-electron chi connectivity index (χ1n) is 10.8. The molecule has 4 aromatic rings. The number of benzene rings is 3. The van der Waals surface area contributed by atoms with Gasteiger partial charge < -0.3 is 14.6 Å². The van der Waals surface area contributed by atoms with Crippen LogP contribution in [0, 0.1) is 0 Å². The number of nitrogens with zero attached hydrogens (tertiary/aromatic N) is 2. The quantitative estimate of drug-likeness (QED) is 0.481. The number of fused-ring (bicyclic) bond motifs is 2. The van der Waals surface area contributed by atoms with E-state index in [4.69, 9.17) is 9.47 Å². The van der Waals surface area contributed by atoms with Gasteiger partial charge in [-0.3, -0.25) is 9.88 Å². The van der Waals surface area contributed by atoms with Crippen LogP contribution >= 0.6 is 0 Å². The Morgan fingerprint density at radius 1 is 1.00 bits per heavy atom. The number of phenols is 1. The summed E-state index contributed by atoms with van der Waals surface area (Å²) in [7, 11) is 3.34. The van der Waals surface area contributed by atoms with Gasteiger partial charge in [0.25, 0.3) is 0 Å². The van der Waals surface area contributed by atoms with Crippen LogP contribution in [0.15, 0.2) is 73.1 Å². The Morgan fingerprint density at radius 2 is 1.78 bits per heavy atom. The molecule has 32 heavy (non-hydrogen) atoms. The van der Waals surface area contributed by atoms with Crippen LogP contribution in [-0.2, 0) is 13.0 Å². The molecule has 162 valence electrons. The fraction of sp³-hybridized carbons (Fsp3) is 0.222. The molecule has 1 atom stereocenters. The number of ether oxygens (including phenoxy) is 2. The van der Waals surface area contributed by atoms with E-state index in [9.17, 15) is 5.11 Å². The predicted octanol–water partition coefficient (Wildman–Crippen LogP) is 5.11. The molecule has 3 aromatic carbocycles. The molecule has 0 bridgehead atoms. The maximum Gasteiger partial charge on any atom is 0.161 e. The first kappa shape index (κ1) is 20.3. The van der Waals surface area contributed by atoms with Crippen molar-refractivity contribution in [3.63, 3.8) is 0 Å². The number of aromatic nitrogens is 1. The number of hydrogen-bond donors (Lipinski definition) is 1. The van der Waals surface area contributed by atoms with Crippen LogP contribution in [0.5, 0.6) is 17.2 Å². The highest BCUT2D eigenvalue weighted by atomic mass is 16.5. The van der Waals surface area contributed by atoms with Crippen LogP contribution < -0.4 is 9.47 Å². The predicted molar refractivity (Wildman–Crippen MR) is 125 cm³/mol. The van der Waals surface area contributed by atoms with Gasteiger partial charge in [0, 0.05) is 36.4 Å². The van der Waals surface area contributed by atoms with Crippen molar-refractivity contribution in [2.45, 2.75) is 19.0 Å². The van der Waals surface area contributed by atoms with Crippen molar-refractivity contribution >= 4 is 10.8 Å². The molecule has 0 radical (unpaired) electrons. The van der Waals surface area contributed by atoms with E-state index in [0.717, 1.165) is 40.8 Å². The average molecular weight is 427 g/mol. The van der Waals surface area contributed by atoms with Gasteiger partial charge in [0.15, 0.2) is 11.5 Å². The van der Waals surface area contributed by atoms with E-state index in [-0.39, 0.29) is 6.04 Å². The van der Waals surface area contributed by atoms with Gasteiger partial charge in [-0.2, -0.15) is 0 Å². The summed E-state index contributed by atoms with van der Waals surface area (Å²) in [6.45, 7) is 1.47. The molecule has 5 heteroatoms. The van der Waals surface area contributed by atoms with E-state index < -0.39 is 0 Å². The maximum absolute atomic E-state index is 10.8. The highest BCUT2D eigenvalue weighted by Crippen LogP contribution is 2.42. The van der Waals surface area contributed by atoms with E-state index in [1.54, 1.807) is 26.5 Å². The Morgan fingerprint density at radius 3 is 2.56 bits per heavy atom. The van der Waals surface area contributed by atoms with E-state index in [2.05, 4.69) is 46.3 Å². The molecule has 2 heterocycles. The fourth-order valence-corrected chi connectivity index (χ4v) is 4.77. The second-order valence-corrected chi connectivity index (χ2v) is 8.10. The lowest BCUT2D eigenvalue weighted by molar-refractivity contribution is 0.202. The minimum atomic E-state index is 0.0334. The monoisotopic (exact) mass is 426 g/mol. The van der Waals surface area contributed by atoms with Crippen molar-refractivity contribution < 1.29 is 14.6 Å². The normalized spacial score (nSPS) is 16.0. The second-order valence-electron chi connectivity index (χ2n) is 8.10. The number of aromatic hydroxyl groups is 1. The maximum atomic E-state index is 10.8. The number of phenolic OH excluding ortho intramolecular Hbond substituents is 1. The molecule has 0 aliphatic carbocycles. The van der Waals surface area contributed by atoms with Crippen LogP contribution in [0.2, 0.25) is 0 Å². The average Bonchev–Trinajstić information content (AvgIpc) is 2.85. The molecule has 1 N–H and O–H groups in total. The molecular formula is C27H26N2O3. The molecule has 0 saturated carbocycles. The van der Waals surface area contributed by atoms with Gasteiger partial charge in [-0.25, -0.2) is 0 Å². The summed E-state index contributed by atoms with van der Waals surface area (Å²) in [5, 5.41) is 12.8. The lowest BCUT2D eigenvalue weighted by atomic mass is 9.87. The van der Waals surface area contributed by atoms with Crippen molar-refractivity contribution in [1.29, 1.82) is 0 Å². The molecule has 1 unspecified atom stereocenters. The standard InChI is InChI=1S/C27H26N2O3/c1-31-25-14-20-11-13-29(17-23-22-16-28-12-10-18(22)8-9-24(23)30)27(19-6-4-3-5-7-19)21(20)15-26(25)32-2/h3-10,12,14-16,27,30H,11,13,17H2,1-2H3. The first-order valence-corrected chi connectivity index (χ1v) is 10.8. The highest BCUT2D eigenvalue weighted by Gasteiger charge is 2.31. The molecule has 1 aliphatic heterocycles. The van der Waals surface area contributed by atoms with Crippen molar-refractivity contribution in [3.8, 4) is 17.2 Å². The summed E-state index contributed by atoms with van der Waals surface area (Å²) in [5.74, 6) is 1.78. The molecule has 0 amide bonds. The van der Waals surface area contributed by atoms with Crippen molar-refractivity contribution in [2.24, 2.45) is 0 Å². The third kappa shape index (κ3) is 3.55. The third-order valence-electron chi connectivity index (χ3n) is 6.36. The lowest BCUT2D eigenvalue weighted by Crippen LogP contribution is -2.35. The smallest absolute Gasteiger partial charge is 0.161 e. The Labute approximate surface area is 187 Å². The van der Waals surface area contributed by atoms with Crippen LogP contribution in [0.25, 0.3) is 10.8 Å². The zero-order valence-corrected chi connectivity index (χ0v) is 18.3. The molecule has 1 aromatic heterocycles. The minimum Gasteiger partial charge on any atom is -0.508 e. The topological polar surface area (TPSA) is 54.8 Å². The fourth-order valence-electron chi connectivity index (χ4n) is 4.77. The molecule has 1 aliphatic rings. The number of pyridine rings is 1. The van der Waals surface area contributed by atoms with Gasteiger partial charge in [0.2, 0.25) is 0 Å². The van der Waals surface area contributed by atoms with E-state index >= 15 is 0 Å². The molecular weight excluding hydrogens is 400 g/mol. The Hall–Kier alpha value is -3.57. The van der Waals surface area contributed by atoms with E-state index in [0.29, 0.717) is 12.3 Å². The highest BCUT2D eigenvalue weighted by molar-refractivity contribution is 5.86. The van der Waals surface area contributed by atoms with Crippen LogP contribution in [0.4, 0.5) is 0 Å². The van der Waals surface area contributed by atoms with Gasteiger partial charge in [-0.15, -0.1) is 0 Å². The summed E-state index contributed by atoms with van der Waals surface area (Å²) in [4.78, 5) is 6.72. The van der Waals surface area contributed by atoms with Crippen molar-refractivity contribution in [2.75, 3.05) is 20.8 Å².